The van der Waals surface area contributed by atoms with Gasteiger partial charge in [-0.2, -0.15) is 5.10 Å². The topological polar surface area (TPSA) is 125 Å². The molecule has 4 N–H and O–H groups in total. The molecule has 30 heavy (non-hydrogen) atoms. The van der Waals surface area contributed by atoms with Crippen molar-refractivity contribution in [3.05, 3.63) is 52.2 Å². The first-order valence-electron chi connectivity index (χ1n) is 9.98. The van der Waals surface area contributed by atoms with Crippen molar-refractivity contribution in [2.45, 2.75) is 56.7 Å². The molecule has 0 spiro atoms. The minimum Gasteiger partial charge on any atom is -0.477 e. The van der Waals surface area contributed by atoms with Crippen LogP contribution in [0.5, 0.6) is 5.88 Å². The number of rotatable bonds is 8. The number of unbranched alkanes of at least 4 members (excludes halogenated alkanes) is 1. The van der Waals surface area contributed by atoms with Crippen molar-refractivity contribution in [2.24, 2.45) is 0 Å². The standard InChI is InChI=1S/C21H27ClN2O6/c1-2-3-8-29-17-7-5-14(23-24-17)10-13-9-12(4-6-15(13)22)21-20(28)19(27)18(26)16(11-25)30-21/h4-7,9,16,18-21,25-28H,2-3,8,10-11H2,1H3/t16-,18-,19+,20-,21+/m1/s1. The van der Waals surface area contributed by atoms with Crippen LogP contribution in [0.25, 0.3) is 0 Å². The quantitative estimate of drug-likeness (QED) is 0.456. The Morgan fingerprint density at radius 3 is 2.53 bits per heavy atom. The fraction of sp³-hybridized carbons (Fsp3) is 0.524. The Hall–Kier alpha value is -1.81. The normalized spacial score (nSPS) is 26.5. The summed E-state index contributed by atoms with van der Waals surface area (Å²) in [6.45, 7) is 2.20. The van der Waals surface area contributed by atoms with Crippen LogP contribution in [0.4, 0.5) is 0 Å². The molecule has 1 aliphatic heterocycles. The second kappa shape index (κ2) is 10.5. The highest BCUT2D eigenvalue weighted by Crippen LogP contribution is 2.34. The number of hydrogen-bond donors (Lipinski definition) is 4. The summed E-state index contributed by atoms with van der Waals surface area (Å²) in [7, 11) is 0. The number of ether oxygens (including phenoxy) is 2. The van der Waals surface area contributed by atoms with Crippen LogP contribution in [0.1, 0.15) is 42.7 Å². The summed E-state index contributed by atoms with van der Waals surface area (Å²) < 4.78 is 11.1. The van der Waals surface area contributed by atoms with Gasteiger partial charge in [0.1, 0.15) is 30.5 Å². The van der Waals surface area contributed by atoms with Crippen molar-refractivity contribution in [3.8, 4) is 5.88 Å². The van der Waals surface area contributed by atoms with Gasteiger partial charge < -0.3 is 29.9 Å². The number of benzene rings is 1. The molecule has 2 heterocycles. The Kier molecular flexibility index (Phi) is 7.99. The van der Waals surface area contributed by atoms with E-state index in [9.17, 15) is 20.4 Å². The van der Waals surface area contributed by atoms with Gasteiger partial charge in [-0.3, -0.25) is 0 Å². The molecule has 1 saturated heterocycles. The highest BCUT2D eigenvalue weighted by molar-refractivity contribution is 6.31. The van der Waals surface area contributed by atoms with Crippen molar-refractivity contribution in [2.75, 3.05) is 13.2 Å². The molecule has 3 rings (SSSR count). The van der Waals surface area contributed by atoms with E-state index in [0.717, 1.165) is 18.4 Å². The van der Waals surface area contributed by atoms with Crippen LogP contribution in [-0.2, 0) is 11.2 Å². The van der Waals surface area contributed by atoms with E-state index in [1.165, 1.54) is 0 Å². The Bertz CT molecular complexity index is 820. The zero-order chi connectivity index (χ0) is 21.7. The van der Waals surface area contributed by atoms with Crippen LogP contribution < -0.4 is 4.74 Å². The first kappa shape index (κ1) is 22.9. The van der Waals surface area contributed by atoms with Crippen LogP contribution >= 0.6 is 11.6 Å². The van der Waals surface area contributed by atoms with Gasteiger partial charge in [0.25, 0.3) is 0 Å². The Balaban J connectivity index is 1.75. The molecule has 2 aromatic rings. The second-order valence-corrected chi connectivity index (χ2v) is 7.75. The van der Waals surface area contributed by atoms with Crippen LogP contribution in [0.15, 0.2) is 30.3 Å². The van der Waals surface area contributed by atoms with Gasteiger partial charge >= 0.3 is 0 Å². The summed E-state index contributed by atoms with van der Waals surface area (Å²) in [6.07, 6.45) is -3.70. The van der Waals surface area contributed by atoms with E-state index in [1.54, 1.807) is 24.3 Å². The number of nitrogens with zero attached hydrogens (tertiary/aromatic N) is 2. The van der Waals surface area contributed by atoms with Crippen molar-refractivity contribution < 1.29 is 29.9 Å². The molecule has 0 saturated carbocycles. The molecule has 1 aliphatic rings. The summed E-state index contributed by atoms with van der Waals surface area (Å²) in [5.74, 6) is 0.466. The van der Waals surface area contributed by atoms with Gasteiger partial charge in [0.15, 0.2) is 0 Å². The first-order chi connectivity index (χ1) is 14.4. The molecule has 0 radical (unpaired) electrons. The molecule has 9 heteroatoms. The highest BCUT2D eigenvalue weighted by Gasteiger charge is 2.44. The monoisotopic (exact) mass is 438 g/mol. The Labute approximate surface area is 180 Å². The molecule has 1 aromatic carbocycles. The zero-order valence-corrected chi connectivity index (χ0v) is 17.4. The largest absolute Gasteiger partial charge is 0.477 e. The van der Waals surface area contributed by atoms with Crippen molar-refractivity contribution >= 4 is 11.6 Å². The number of aliphatic hydroxyl groups excluding tert-OH is 4. The van der Waals surface area contributed by atoms with E-state index < -0.39 is 37.1 Å². The van der Waals surface area contributed by atoms with E-state index >= 15 is 0 Å². The summed E-state index contributed by atoms with van der Waals surface area (Å²) in [4.78, 5) is 0. The molecule has 0 aliphatic carbocycles. The van der Waals surface area contributed by atoms with Crippen molar-refractivity contribution in [1.82, 2.24) is 10.2 Å². The third kappa shape index (κ3) is 5.26. The number of halogens is 1. The van der Waals surface area contributed by atoms with Crippen LogP contribution in [0.2, 0.25) is 5.02 Å². The summed E-state index contributed by atoms with van der Waals surface area (Å²) in [6, 6.07) is 8.67. The lowest BCUT2D eigenvalue weighted by Gasteiger charge is -2.40. The average molecular weight is 439 g/mol. The molecule has 0 amide bonds. The number of aromatic nitrogens is 2. The lowest BCUT2D eigenvalue weighted by molar-refractivity contribution is -0.231. The molecular weight excluding hydrogens is 412 g/mol. The van der Waals surface area contributed by atoms with Crippen LogP contribution in [0, 0.1) is 0 Å². The lowest BCUT2D eigenvalue weighted by atomic mass is 9.90. The van der Waals surface area contributed by atoms with E-state index in [0.29, 0.717) is 35.2 Å². The molecule has 164 valence electrons. The molecule has 0 bridgehead atoms. The second-order valence-electron chi connectivity index (χ2n) is 7.34. The predicted molar refractivity (Wildman–Crippen MR) is 109 cm³/mol. The van der Waals surface area contributed by atoms with Gasteiger partial charge in [0.2, 0.25) is 5.88 Å². The molecule has 5 atom stereocenters. The molecule has 1 aromatic heterocycles. The summed E-state index contributed by atoms with van der Waals surface area (Å²) in [5, 5.41) is 48.5. The van der Waals surface area contributed by atoms with Crippen molar-refractivity contribution in [3.63, 3.8) is 0 Å². The minimum absolute atomic E-state index is 0.395. The maximum absolute atomic E-state index is 10.4. The molecule has 0 unspecified atom stereocenters. The fourth-order valence-electron chi connectivity index (χ4n) is 3.32. The molecule has 1 fully saturated rings. The lowest BCUT2D eigenvalue weighted by Crippen LogP contribution is -2.55. The third-order valence-electron chi connectivity index (χ3n) is 5.11. The number of aliphatic hydroxyl groups is 4. The zero-order valence-electron chi connectivity index (χ0n) is 16.7. The SMILES string of the molecule is CCCCOc1ccc(Cc2cc([C@@H]3O[C@H](CO)[C@@H](O)[C@H](O)[C@H]3O)ccc2Cl)nn1. The van der Waals surface area contributed by atoms with Crippen LogP contribution in [-0.4, -0.2) is 68.3 Å². The van der Waals surface area contributed by atoms with E-state index in [2.05, 4.69) is 17.1 Å². The molecular formula is C21H27ClN2O6. The smallest absolute Gasteiger partial charge is 0.233 e. The van der Waals surface area contributed by atoms with E-state index in [-0.39, 0.29) is 0 Å². The maximum Gasteiger partial charge on any atom is 0.233 e. The average Bonchev–Trinajstić information content (AvgIpc) is 2.75. The molecule has 8 nitrogen and oxygen atoms in total. The van der Waals surface area contributed by atoms with Gasteiger partial charge in [0.05, 0.1) is 18.9 Å². The third-order valence-corrected chi connectivity index (χ3v) is 5.47. The van der Waals surface area contributed by atoms with E-state index in [1.807, 2.05) is 6.07 Å². The maximum atomic E-state index is 10.4. The first-order valence-corrected chi connectivity index (χ1v) is 10.4. The van der Waals surface area contributed by atoms with Gasteiger partial charge in [-0.05, 0) is 29.7 Å². The summed E-state index contributed by atoms with van der Waals surface area (Å²) in [5.41, 5.74) is 1.99. The van der Waals surface area contributed by atoms with Gasteiger partial charge in [-0.15, -0.1) is 5.10 Å². The van der Waals surface area contributed by atoms with Gasteiger partial charge in [-0.1, -0.05) is 37.1 Å². The highest BCUT2D eigenvalue weighted by atomic mass is 35.5. The van der Waals surface area contributed by atoms with Crippen molar-refractivity contribution in [1.29, 1.82) is 0 Å². The minimum atomic E-state index is -1.44. The van der Waals surface area contributed by atoms with Gasteiger partial charge in [-0.25, -0.2) is 0 Å². The Morgan fingerprint density at radius 1 is 1.07 bits per heavy atom. The summed E-state index contributed by atoms with van der Waals surface area (Å²) >= 11 is 6.34. The van der Waals surface area contributed by atoms with E-state index in [4.69, 9.17) is 21.1 Å². The van der Waals surface area contributed by atoms with Gasteiger partial charge in [0, 0.05) is 17.5 Å². The fourth-order valence-corrected chi connectivity index (χ4v) is 3.50. The van der Waals surface area contributed by atoms with Crippen LogP contribution in [0.3, 0.4) is 0 Å². The number of hydrogen-bond acceptors (Lipinski definition) is 8. The predicted octanol–water partition coefficient (Wildman–Crippen LogP) is 1.41. The Morgan fingerprint density at radius 2 is 1.87 bits per heavy atom.